The highest BCUT2D eigenvalue weighted by Gasteiger charge is 2.36. The second-order valence-electron chi connectivity index (χ2n) is 9.06. The van der Waals surface area contributed by atoms with E-state index in [2.05, 4.69) is 62.2 Å². The molecule has 1 atom stereocenters. The largest absolute Gasteiger partial charge is 0.417 e. The Bertz CT molecular complexity index is 383. The summed E-state index contributed by atoms with van der Waals surface area (Å²) in [5.74, 6) is 0. The van der Waals surface area contributed by atoms with Crippen LogP contribution in [-0.4, -0.2) is 74.9 Å². The number of rotatable bonds is 8. The molecule has 0 aromatic carbocycles. The number of likely N-dealkylation sites (tertiary alicyclic amines) is 1. The topological polar surface area (TPSA) is 19.0 Å². The molecule has 0 spiro atoms. The first-order valence-electron chi connectivity index (χ1n) is 9.83. The summed E-state index contributed by atoms with van der Waals surface area (Å²) >= 11 is 0. The quantitative estimate of drug-likeness (QED) is 0.491. The fourth-order valence-corrected chi connectivity index (χ4v) is 4.33. The van der Waals surface area contributed by atoms with Crippen LogP contribution < -0.4 is 0 Å². The molecule has 2 heterocycles. The van der Waals surface area contributed by atoms with Crippen LogP contribution in [0.1, 0.15) is 47.0 Å². The molecule has 2 fully saturated rings. The van der Waals surface area contributed by atoms with Gasteiger partial charge in [0.2, 0.25) is 0 Å². The Hall–Kier alpha value is 0.0569. The molecule has 5 heteroatoms. The molecule has 0 aromatic heterocycles. The zero-order valence-corrected chi connectivity index (χ0v) is 17.9. The third-order valence-electron chi connectivity index (χ3n) is 6.11. The van der Waals surface area contributed by atoms with Gasteiger partial charge < -0.3 is 4.43 Å². The van der Waals surface area contributed by atoms with Crippen LogP contribution in [0.4, 0.5) is 0 Å². The van der Waals surface area contributed by atoms with Crippen LogP contribution in [0.5, 0.6) is 0 Å². The Labute approximate surface area is 151 Å². The second kappa shape index (κ2) is 8.63. The molecule has 1 unspecified atom stereocenters. The third-order valence-corrected chi connectivity index (χ3v) is 10.7. The van der Waals surface area contributed by atoms with Gasteiger partial charge in [-0.05, 0) is 50.9 Å². The van der Waals surface area contributed by atoms with Gasteiger partial charge in [-0.2, -0.15) is 0 Å². The van der Waals surface area contributed by atoms with Gasteiger partial charge >= 0.3 is 0 Å². The van der Waals surface area contributed by atoms with Crippen molar-refractivity contribution in [2.24, 2.45) is 0 Å². The lowest BCUT2D eigenvalue weighted by Gasteiger charge is -2.36. The zero-order valence-electron chi connectivity index (χ0n) is 16.9. The Balaban J connectivity index is 1.57. The number of hydrogen-bond donors (Lipinski definition) is 0. The first kappa shape index (κ1) is 20.4. The van der Waals surface area contributed by atoms with Crippen molar-refractivity contribution in [3.63, 3.8) is 0 Å². The molecule has 140 valence electrons. The standard InChI is InChI=1S/C19H39N3OSi/c1-18-9-7-11-22(18)15-14-21-13-12-20(17-21)10-8-16-23-24(5,6)19(2,3)4/h18H,7-16H2,1-6H3. The summed E-state index contributed by atoms with van der Waals surface area (Å²) in [7, 11) is -1.58. The highest BCUT2D eigenvalue weighted by atomic mass is 28.4. The van der Waals surface area contributed by atoms with Crippen molar-refractivity contribution >= 4 is 8.32 Å². The predicted molar refractivity (Wildman–Crippen MR) is 104 cm³/mol. The van der Waals surface area contributed by atoms with E-state index in [1.54, 1.807) is 0 Å². The average Bonchev–Trinajstić information content (AvgIpc) is 3.09. The van der Waals surface area contributed by atoms with E-state index < -0.39 is 8.32 Å². The van der Waals surface area contributed by atoms with Gasteiger partial charge in [-0.25, -0.2) is 0 Å². The maximum atomic E-state index is 6.27. The van der Waals surface area contributed by atoms with Gasteiger partial charge in [0.15, 0.2) is 8.32 Å². The Morgan fingerprint density at radius 3 is 2.29 bits per heavy atom. The molecular formula is C19H39N3OSi. The summed E-state index contributed by atoms with van der Waals surface area (Å²) in [5, 5.41) is 0.308. The van der Waals surface area contributed by atoms with E-state index in [4.69, 9.17) is 4.43 Å². The highest BCUT2D eigenvalue weighted by Crippen LogP contribution is 2.36. The molecule has 2 aliphatic rings. The Kier molecular flexibility index (Phi) is 7.32. The molecule has 2 radical (unpaired) electrons. The Morgan fingerprint density at radius 2 is 1.71 bits per heavy atom. The molecule has 0 amide bonds. The predicted octanol–water partition coefficient (Wildman–Crippen LogP) is 3.50. The first-order chi connectivity index (χ1) is 11.2. The van der Waals surface area contributed by atoms with Gasteiger partial charge in [0.1, 0.15) is 6.67 Å². The van der Waals surface area contributed by atoms with Crippen molar-refractivity contribution in [3.05, 3.63) is 6.67 Å². The zero-order chi connectivity index (χ0) is 17.8. The van der Waals surface area contributed by atoms with Gasteiger partial charge in [-0.1, -0.05) is 20.8 Å². The molecular weight excluding hydrogens is 314 g/mol. The minimum atomic E-state index is -1.58. The lowest BCUT2D eigenvalue weighted by Crippen LogP contribution is -2.41. The number of nitrogens with zero attached hydrogens (tertiary/aromatic N) is 3. The summed E-state index contributed by atoms with van der Waals surface area (Å²) in [6.07, 6.45) is 3.85. The van der Waals surface area contributed by atoms with Crippen LogP contribution >= 0.6 is 0 Å². The van der Waals surface area contributed by atoms with Crippen molar-refractivity contribution in [3.8, 4) is 0 Å². The van der Waals surface area contributed by atoms with Crippen LogP contribution in [-0.2, 0) is 4.43 Å². The molecule has 0 bridgehead atoms. The van der Waals surface area contributed by atoms with Crippen LogP contribution in [0, 0.1) is 6.67 Å². The third kappa shape index (κ3) is 5.80. The normalized spacial score (nSPS) is 25.0. The van der Waals surface area contributed by atoms with Crippen molar-refractivity contribution in [1.29, 1.82) is 0 Å². The van der Waals surface area contributed by atoms with E-state index in [-0.39, 0.29) is 0 Å². The monoisotopic (exact) mass is 353 g/mol. The molecule has 0 saturated carbocycles. The van der Waals surface area contributed by atoms with Crippen LogP contribution in [0.25, 0.3) is 0 Å². The van der Waals surface area contributed by atoms with Gasteiger partial charge in [-0.3, -0.25) is 14.7 Å². The SMILES string of the molecule is CC1CCCN1CCN1[C]N(CCCO[Si](C)(C)C(C)(C)C)CC1. The molecule has 2 aliphatic heterocycles. The van der Waals surface area contributed by atoms with Crippen LogP contribution in [0.15, 0.2) is 0 Å². The summed E-state index contributed by atoms with van der Waals surface area (Å²) in [4.78, 5) is 7.35. The lowest BCUT2D eigenvalue weighted by molar-refractivity contribution is 0.221. The van der Waals surface area contributed by atoms with Crippen molar-refractivity contribution in [2.75, 3.05) is 45.9 Å². The number of hydrogen-bond acceptors (Lipinski definition) is 4. The molecule has 2 rings (SSSR count). The second-order valence-corrected chi connectivity index (χ2v) is 13.9. The van der Waals surface area contributed by atoms with E-state index in [0.717, 1.165) is 45.2 Å². The fourth-order valence-electron chi connectivity index (χ4n) is 3.24. The van der Waals surface area contributed by atoms with Gasteiger partial charge in [-0.15, -0.1) is 0 Å². The molecule has 0 aliphatic carbocycles. The molecule has 0 aromatic rings. The minimum Gasteiger partial charge on any atom is -0.417 e. The van der Waals surface area contributed by atoms with Crippen LogP contribution in [0.2, 0.25) is 18.1 Å². The smallest absolute Gasteiger partial charge is 0.191 e. The molecule has 2 saturated heterocycles. The van der Waals surface area contributed by atoms with Gasteiger partial charge in [0.25, 0.3) is 0 Å². The van der Waals surface area contributed by atoms with Crippen molar-refractivity contribution in [2.45, 2.75) is 71.1 Å². The summed E-state index contributed by atoms with van der Waals surface area (Å²) in [5.41, 5.74) is 0. The van der Waals surface area contributed by atoms with Gasteiger partial charge in [0, 0.05) is 45.4 Å². The van der Waals surface area contributed by atoms with E-state index in [9.17, 15) is 0 Å². The van der Waals surface area contributed by atoms with Crippen molar-refractivity contribution in [1.82, 2.24) is 14.7 Å². The molecule has 0 N–H and O–H groups in total. The van der Waals surface area contributed by atoms with E-state index >= 15 is 0 Å². The maximum absolute atomic E-state index is 6.27. The van der Waals surface area contributed by atoms with Gasteiger partial charge in [0.05, 0.1) is 0 Å². The van der Waals surface area contributed by atoms with Crippen LogP contribution in [0.3, 0.4) is 0 Å². The first-order valence-corrected chi connectivity index (χ1v) is 12.7. The summed E-state index contributed by atoms with van der Waals surface area (Å²) in [6.45, 7) is 25.3. The Morgan fingerprint density at radius 1 is 1.04 bits per heavy atom. The van der Waals surface area contributed by atoms with E-state index in [0.29, 0.717) is 5.04 Å². The summed E-state index contributed by atoms with van der Waals surface area (Å²) < 4.78 is 6.27. The summed E-state index contributed by atoms with van der Waals surface area (Å²) in [6, 6.07) is 0.774. The minimum absolute atomic E-state index is 0.308. The maximum Gasteiger partial charge on any atom is 0.191 e. The molecule has 24 heavy (non-hydrogen) atoms. The van der Waals surface area contributed by atoms with E-state index in [1.165, 1.54) is 25.9 Å². The highest BCUT2D eigenvalue weighted by molar-refractivity contribution is 6.74. The van der Waals surface area contributed by atoms with E-state index in [1.807, 2.05) is 0 Å². The average molecular weight is 354 g/mol. The lowest BCUT2D eigenvalue weighted by atomic mass is 10.2. The fraction of sp³-hybridized carbons (Fsp3) is 0.947. The van der Waals surface area contributed by atoms with Crippen molar-refractivity contribution < 1.29 is 4.43 Å². The molecule has 4 nitrogen and oxygen atoms in total.